The third kappa shape index (κ3) is 8.01. The van der Waals surface area contributed by atoms with Gasteiger partial charge < -0.3 is 0 Å². The SMILES string of the molecule is Cc1cccc(C)c1-c1[te]c2c(-c3[c-]c(Oc4[c-]c(-c5nccc6c(C)c(-c7c(C)cccc7C)[te]c56)cc(C(C)(C)C)c4)cc(C(C)(C)C)c3)nccc2c1C.[Pt+2]. The van der Waals surface area contributed by atoms with Crippen LogP contribution in [0.3, 0.4) is 0 Å². The van der Waals surface area contributed by atoms with E-state index in [-0.39, 0.29) is 31.9 Å². The second kappa shape index (κ2) is 16.3. The van der Waals surface area contributed by atoms with Crippen LogP contribution in [0, 0.1) is 53.7 Å². The topological polar surface area (TPSA) is 35.0 Å². The Hall–Kier alpha value is -3.27. The Kier molecular flexibility index (Phi) is 12.0. The number of pyridine rings is 2. The summed E-state index contributed by atoms with van der Waals surface area (Å²) >= 11 is -1.43. The molecule has 0 bridgehead atoms. The largest absolute Gasteiger partial charge is 2.00 e. The van der Waals surface area contributed by atoms with Gasteiger partial charge in [-0.1, -0.05) is 0 Å². The number of fused-ring (bicyclic) bond motifs is 2. The third-order valence-electron chi connectivity index (χ3n) is 11.3. The Balaban J connectivity index is 0.00000512. The first-order valence-electron chi connectivity index (χ1n) is 19.7. The fourth-order valence-corrected chi connectivity index (χ4v) is 16.4. The van der Waals surface area contributed by atoms with Crippen LogP contribution in [0.2, 0.25) is 0 Å². The summed E-state index contributed by atoms with van der Waals surface area (Å²) in [4.78, 5) is 10.2. The van der Waals surface area contributed by atoms with Gasteiger partial charge in [-0.2, -0.15) is 0 Å². The maximum absolute atomic E-state index is 6.93. The number of aromatic nitrogens is 2. The summed E-state index contributed by atoms with van der Waals surface area (Å²) in [6.07, 6.45) is 3.94. The molecule has 6 heteroatoms. The van der Waals surface area contributed by atoms with E-state index in [2.05, 4.69) is 168 Å². The molecule has 3 nitrogen and oxygen atoms in total. The molecule has 4 aromatic heterocycles. The number of benzene rings is 4. The molecule has 0 spiro atoms. The van der Waals surface area contributed by atoms with Gasteiger partial charge in [0, 0.05) is 0 Å². The molecular weight excluding hydrogens is 1120 g/mol. The first-order valence-corrected chi connectivity index (χ1v) is 24.4. The van der Waals surface area contributed by atoms with E-state index in [0.717, 1.165) is 22.5 Å². The van der Waals surface area contributed by atoms with Crippen LogP contribution in [-0.4, -0.2) is 50.8 Å². The van der Waals surface area contributed by atoms with Gasteiger partial charge in [0.25, 0.3) is 0 Å². The van der Waals surface area contributed by atoms with Crippen LogP contribution in [0.5, 0.6) is 11.5 Å². The van der Waals surface area contributed by atoms with E-state index in [1.807, 2.05) is 12.4 Å². The predicted molar refractivity (Wildman–Crippen MR) is 243 cm³/mol. The molecule has 0 unspecified atom stereocenters. The first kappa shape index (κ1) is 42.8. The van der Waals surface area contributed by atoms with Crippen molar-refractivity contribution in [3.05, 3.63) is 142 Å². The molecule has 0 amide bonds. The number of nitrogens with zero attached hydrogens (tertiary/aromatic N) is 2. The zero-order valence-corrected chi connectivity index (χ0v) is 42.5. The fourth-order valence-electron chi connectivity index (χ4n) is 7.94. The predicted octanol–water partition coefficient (Wildman–Crippen LogP) is 13.4. The van der Waals surface area contributed by atoms with E-state index in [9.17, 15) is 0 Å². The quantitative estimate of drug-likeness (QED) is 0.123. The van der Waals surface area contributed by atoms with Gasteiger partial charge in [0.15, 0.2) is 0 Å². The number of ether oxygens (including phenoxy) is 1. The minimum absolute atomic E-state index is 0. The maximum atomic E-state index is 6.93. The molecule has 4 heterocycles. The summed E-state index contributed by atoms with van der Waals surface area (Å²) in [6.45, 7) is 27.1. The molecule has 0 aliphatic carbocycles. The number of hydrogen-bond donors (Lipinski definition) is 0. The van der Waals surface area contributed by atoms with Crippen molar-refractivity contribution in [3.63, 3.8) is 0 Å². The Morgan fingerprint density at radius 3 is 1.22 bits per heavy atom. The molecule has 0 fully saturated rings. The Labute approximate surface area is 378 Å². The van der Waals surface area contributed by atoms with Crippen molar-refractivity contribution >= 4 is 58.4 Å². The van der Waals surface area contributed by atoms with E-state index < -0.39 is 40.9 Å². The van der Waals surface area contributed by atoms with E-state index in [1.54, 1.807) is 0 Å². The van der Waals surface area contributed by atoms with Gasteiger partial charge in [-0.25, -0.2) is 0 Å². The molecular formula is C52H50N2OPtTe2. The monoisotopic (exact) mass is 1170 g/mol. The van der Waals surface area contributed by atoms with E-state index >= 15 is 0 Å². The molecule has 0 aliphatic rings. The summed E-state index contributed by atoms with van der Waals surface area (Å²) in [7, 11) is 0. The number of hydrogen-bond acceptors (Lipinski definition) is 3. The van der Waals surface area contributed by atoms with E-state index in [4.69, 9.17) is 14.7 Å². The average Bonchev–Trinajstić information content (AvgIpc) is 3.66. The van der Waals surface area contributed by atoms with Gasteiger partial charge in [-0.15, -0.1) is 0 Å². The summed E-state index contributed by atoms with van der Waals surface area (Å²) < 4.78 is 12.7. The fraction of sp³-hybridized carbons (Fsp3) is 0.269. The first-order chi connectivity index (χ1) is 27.0. The Bertz CT molecular complexity index is 2630. The van der Waals surface area contributed by atoms with Gasteiger partial charge in [-0.05, 0) is 0 Å². The molecule has 8 aromatic rings. The molecule has 58 heavy (non-hydrogen) atoms. The van der Waals surface area contributed by atoms with Gasteiger partial charge >= 0.3 is 382 Å². The van der Waals surface area contributed by atoms with E-state index in [1.165, 1.54) is 80.4 Å². The summed E-state index contributed by atoms with van der Waals surface area (Å²) in [6, 6.07) is 34.0. The third-order valence-corrected chi connectivity index (χ3v) is 18.9. The molecule has 0 atom stereocenters. The number of rotatable bonds is 6. The van der Waals surface area contributed by atoms with Gasteiger partial charge in [-0.3, -0.25) is 0 Å². The molecule has 0 N–H and O–H groups in total. The van der Waals surface area contributed by atoms with Crippen LogP contribution in [-0.2, 0) is 31.9 Å². The molecule has 0 saturated heterocycles. The van der Waals surface area contributed by atoms with Crippen molar-refractivity contribution in [2.45, 2.75) is 93.9 Å². The van der Waals surface area contributed by atoms with Crippen molar-refractivity contribution < 1.29 is 25.8 Å². The van der Waals surface area contributed by atoms with Crippen LogP contribution in [0.1, 0.15) is 86.1 Å². The Morgan fingerprint density at radius 2 is 0.879 bits per heavy atom. The molecule has 4 aromatic carbocycles. The average molecular weight is 1170 g/mol. The van der Waals surface area contributed by atoms with Gasteiger partial charge in [0.05, 0.1) is 0 Å². The van der Waals surface area contributed by atoms with Crippen molar-refractivity contribution in [2.75, 3.05) is 0 Å². The molecule has 8 rings (SSSR count). The van der Waals surface area contributed by atoms with Crippen LogP contribution < -0.4 is 4.74 Å². The summed E-state index contributed by atoms with van der Waals surface area (Å²) in [5, 5.41) is 2.65. The zero-order chi connectivity index (χ0) is 40.6. The minimum atomic E-state index is -0.713. The van der Waals surface area contributed by atoms with Gasteiger partial charge in [0.1, 0.15) is 0 Å². The second-order valence-electron chi connectivity index (χ2n) is 17.6. The zero-order valence-electron chi connectivity index (χ0n) is 35.5. The summed E-state index contributed by atoms with van der Waals surface area (Å²) in [5.74, 6) is 1.36. The Morgan fingerprint density at radius 1 is 0.517 bits per heavy atom. The van der Waals surface area contributed by atoms with Crippen molar-refractivity contribution in [3.8, 4) is 52.3 Å². The molecule has 0 saturated carbocycles. The summed E-state index contributed by atoms with van der Waals surface area (Å²) in [5.41, 5.74) is 17.1. The number of aryl methyl sites for hydroxylation is 6. The normalized spacial score (nSPS) is 12.0. The smallest absolute Gasteiger partial charge is 2.00 e. The minimum Gasteiger partial charge on any atom is 2.00 e. The van der Waals surface area contributed by atoms with Crippen molar-refractivity contribution in [1.29, 1.82) is 0 Å². The van der Waals surface area contributed by atoms with Crippen molar-refractivity contribution in [1.82, 2.24) is 9.97 Å². The van der Waals surface area contributed by atoms with Crippen LogP contribution in [0.4, 0.5) is 0 Å². The molecule has 296 valence electrons. The standard InChI is InChI=1S/C52H50N2OTe2.Pt/c1-29-15-13-16-30(2)43(29)47-33(5)41-19-21-53-45(49(41)56-47)35-23-37(51(7,8)9)27-39(25-35)55-40-26-36(24-38(28-40)52(10,11)12)46-50-42(20-22-54-46)34(6)48(57-50)44-31(3)17-14-18-32(44)4;/h13-24,27-28H,1-12H3;/q-2;+2. The van der Waals surface area contributed by atoms with Gasteiger partial charge in [0.2, 0.25) is 0 Å². The van der Waals surface area contributed by atoms with Crippen molar-refractivity contribution in [2.24, 2.45) is 0 Å². The van der Waals surface area contributed by atoms with E-state index in [0.29, 0.717) is 11.5 Å². The van der Waals surface area contributed by atoms with Crippen LogP contribution in [0.15, 0.2) is 85.2 Å². The molecule has 0 radical (unpaired) electrons. The molecule has 0 aliphatic heterocycles. The second-order valence-corrected chi connectivity index (χ2v) is 23.4. The van der Waals surface area contributed by atoms with Crippen LogP contribution >= 0.6 is 0 Å². The maximum Gasteiger partial charge on any atom is 2.00 e. The van der Waals surface area contributed by atoms with Crippen LogP contribution in [0.25, 0.3) is 58.4 Å².